The highest BCUT2D eigenvalue weighted by molar-refractivity contribution is 5.93. The highest BCUT2D eigenvalue weighted by Crippen LogP contribution is 2.29. The first-order valence-corrected chi connectivity index (χ1v) is 8.53. The van der Waals surface area contributed by atoms with Crippen molar-refractivity contribution in [2.75, 3.05) is 0 Å². The molecule has 0 bridgehead atoms. The molecule has 0 spiro atoms. The molecule has 31 heavy (non-hydrogen) atoms. The SMILES string of the molecule is NC(=O)c1ccnn1Cc1ccc(C(F)(F)F)cc1.O=C(O)c1cccc(C(=O)O)c1. The highest BCUT2D eigenvalue weighted by atomic mass is 19.4. The van der Waals surface area contributed by atoms with E-state index in [0.29, 0.717) is 5.56 Å². The van der Waals surface area contributed by atoms with Crippen molar-refractivity contribution in [3.63, 3.8) is 0 Å². The minimum atomic E-state index is -4.36. The summed E-state index contributed by atoms with van der Waals surface area (Å²) < 4.78 is 38.5. The van der Waals surface area contributed by atoms with E-state index >= 15 is 0 Å². The van der Waals surface area contributed by atoms with Gasteiger partial charge in [-0.1, -0.05) is 18.2 Å². The van der Waals surface area contributed by atoms with Crippen molar-refractivity contribution in [2.45, 2.75) is 12.7 Å². The number of aromatic nitrogens is 2. The van der Waals surface area contributed by atoms with Crippen LogP contribution < -0.4 is 5.73 Å². The van der Waals surface area contributed by atoms with Crippen LogP contribution in [0.15, 0.2) is 60.8 Å². The van der Waals surface area contributed by atoms with E-state index in [1.54, 1.807) is 0 Å². The Labute approximate surface area is 173 Å². The van der Waals surface area contributed by atoms with Crippen LogP contribution in [0.5, 0.6) is 0 Å². The lowest BCUT2D eigenvalue weighted by atomic mass is 10.1. The molecule has 11 heteroatoms. The molecule has 0 radical (unpaired) electrons. The monoisotopic (exact) mass is 435 g/mol. The summed E-state index contributed by atoms with van der Waals surface area (Å²) in [5, 5.41) is 20.9. The molecular weight excluding hydrogens is 419 g/mol. The quantitative estimate of drug-likeness (QED) is 0.563. The third kappa shape index (κ3) is 6.42. The number of primary amides is 1. The summed E-state index contributed by atoms with van der Waals surface area (Å²) in [5.74, 6) is -2.89. The van der Waals surface area contributed by atoms with Crippen LogP contribution in [0.25, 0.3) is 0 Å². The van der Waals surface area contributed by atoms with Crippen molar-refractivity contribution in [1.82, 2.24) is 9.78 Å². The van der Waals surface area contributed by atoms with Crippen LogP contribution in [0.3, 0.4) is 0 Å². The van der Waals surface area contributed by atoms with E-state index in [2.05, 4.69) is 5.10 Å². The molecule has 1 heterocycles. The Morgan fingerprint density at radius 2 is 1.48 bits per heavy atom. The molecule has 0 saturated carbocycles. The maximum Gasteiger partial charge on any atom is 0.416 e. The number of aromatic carboxylic acids is 2. The van der Waals surface area contributed by atoms with E-state index in [0.717, 1.165) is 18.2 Å². The van der Waals surface area contributed by atoms with Gasteiger partial charge in [0.2, 0.25) is 0 Å². The molecule has 0 aliphatic heterocycles. The predicted octanol–water partition coefficient (Wildman–Crippen LogP) is 3.13. The number of halogens is 3. The zero-order chi connectivity index (χ0) is 23.2. The first-order valence-electron chi connectivity index (χ1n) is 8.53. The standard InChI is InChI=1S/C12H10F3N3O.C8H6O4/c13-12(14,15)9-3-1-8(2-4-9)7-18-10(11(16)19)5-6-17-18;9-7(10)5-2-1-3-6(4-5)8(11)12/h1-6H,7H2,(H2,16,19);1-4H,(H,9,10)(H,11,12). The van der Waals surface area contributed by atoms with Crippen molar-refractivity contribution >= 4 is 17.8 Å². The summed E-state index contributed by atoms with van der Waals surface area (Å²) >= 11 is 0. The van der Waals surface area contributed by atoms with Gasteiger partial charge in [0.15, 0.2) is 0 Å². The van der Waals surface area contributed by atoms with Crippen LogP contribution in [0, 0.1) is 0 Å². The van der Waals surface area contributed by atoms with Crippen LogP contribution in [-0.2, 0) is 12.7 Å². The van der Waals surface area contributed by atoms with Crippen LogP contribution in [0.1, 0.15) is 42.3 Å². The van der Waals surface area contributed by atoms with Gasteiger partial charge in [0.1, 0.15) is 5.69 Å². The second-order valence-electron chi connectivity index (χ2n) is 6.12. The van der Waals surface area contributed by atoms with E-state index in [9.17, 15) is 27.6 Å². The molecule has 4 N–H and O–H groups in total. The number of benzene rings is 2. The summed E-state index contributed by atoms with van der Waals surface area (Å²) in [6, 6.07) is 11.3. The molecule has 8 nitrogen and oxygen atoms in total. The molecule has 3 aromatic rings. The minimum Gasteiger partial charge on any atom is -0.478 e. The molecule has 0 aliphatic carbocycles. The van der Waals surface area contributed by atoms with Gasteiger partial charge < -0.3 is 15.9 Å². The maximum absolute atomic E-state index is 12.4. The Morgan fingerprint density at radius 3 is 1.94 bits per heavy atom. The van der Waals surface area contributed by atoms with Crippen LogP contribution in [-0.4, -0.2) is 37.8 Å². The summed E-state index contributed by atoms with van der Waals surface area (Å²) in [6.45, 7) is 0.184. The number of carbonyl (C=O) groups is 3. The number of nitrogens with zero attached hydrogens (tertiary/aromatic N) is 2. The van der Waals surface area contributed by atoms with Crippen LogP contribution in [0.4, 0.5) is 13.2 Å². The number of alkyl halides is 3. The van der Waals surface area contributed by atoms with Crippen molar-refractivity contribution in [3.8, 4) is 0 Å². The predicted molar refractivity (Wildman–Crippen MR) is 102 cm³/mol. The number of nitrogens with two attached hydrogens (primary N) is 1. The van der Waals surface area contributed by atoms with Gasteiger partial charge in [0.25, 0.3) is 5.91 Å². The molecule has 1 amide bonds. The fourth-order valence-electron chi connectivity index (χ4n) is 2.43. The van der Waals surface area contributed by atoms with Gasteiger partial charge in [-0.25, -0.2) is 9.59 Å². The lowest BCUT2D eigenvalue weighted by Crippen LogP contribution is -2.18. The number of hydrogen-bond donors (Lipinski definition) is 3. The summed E-state index contributed by atoms with van der Waals surface area (Å²) in [6.07, 6.45) is -2.95. The Hall–Kier alpha value is -4.15. The Morgan fingerprint density at radius 1 is 0.935 bits per heavy atom. The molecule has 0 aliphatic rings. The average Bonchev–Trinajstić information content (AvgIpc) is 3.17. The topological polar surface area (TPSA) is 136 Å². The lowest BCUT2D eigenvalue weighted by Gasteiger charge is -2.08. The molecule has 2 aromatic carbocycles. The number of amides is 1. The van der Waals surface area contributed by atoms with Gasteiger partial charge in [0, 0.05) is 6.20 Å². The third-order valence-corrected chi connectivity index (χ3v) is 3.94. The minimum absolute atomic E-state index is 0.0186. The number of carbonyl (C=O) groups excluding carboxylic acids is 1. The molecule has 0 atom stereocenters. The van der Waals surface area contributed by atoms with E-state index in [4.69, 9.17) is 15.9 Å². The second kappa shape index (κ2) is 9.57. The Balaban J connectivity index is 0.000000245. The second-order valence-corrected chi connectivity index (χ2v) is 6.12. The fraction of sp³-hybridized carbons (Fsp3) is 0.100. The van der Waals surface area contributed by atoms with Gasteiger partial charge in [-0.05, 0) is 42.0 Å². The van der Waals surface area contributed by atoms with Crippen molar-refractivity contribution in [1.29, 1.82) is 0 Å². The number of hydrogen-bond acceptors (Lipinski definition) is 4. The van der Waals surface area contributed by atoms with Crippen molar-refractivity contribution in [2.24, 2.45) is 5.73 Å². The van der Waals surface area contributed by atoms with Crippen molar-refractivity contribution < 1.29 is 37.8 Å². The Kier molecular flexibility index (Phi) is 7.14. The summed E-state index contributed by atoms with van der Waals surface area (Å²) in [7, 11) is 0. The third-order valence-electron chi connectivity index (χ3n) is 3.94. The smallest absolute Gasteiger partial charge is 0.416 e. The molecular formula is C20H16F3N3O5. The molecule has 1 aromatic heterocycles. The Bertz CT molecular complexity index is 1060. The van der Waals surface area contributed by atoms with Gasteiger partial charge in [0.05, 0.1) is 23.2 Å². The van der Waals surface area contributed by atoms with Gasteiger partial charge in [-0.2, -0.15) is 18.3 Å². The van der Waals surface area contributed by atoms with Gasteiger partial charge >= 0.3 is 18.1 Å². The highest BCUT2D eigenvalue weighted by Gasteiger charge is 2.29. The molecule has 0 unspecified atom stereocenters. The molecule has 162 valence electrons. The van der Waals surface area contributed by atoms with Gasteiger partial charge in [-0.15, -0.1) is 0 Å². The maximum atomic E-state index is 12.4. The zero-order valence-electron chi connectivity index (χ0n) is 15.7. The number of carboxylic acid groups (broad SMARTS) is 2. The van der Waals surface area contributed by atoms with E-state index < -0.39 is 29.6 Å². The molecule has 0 saturated heterocycles. The normalized spacial score (nSPS) is 10.7. The molecule has 0 fully saturated rings. The number of rotatable bonds is 5. The molecule has 3 rings (SSSR count). The average molecular weight is 435 g/mol. The van der Waals surface area contributed by atoms with Crippen molar-refractivity contribution in [3.05, 3.63) is 88.7 Å². The lowest BCUT2D eigenvalue weighted by molar-refractivity contribution is -0.137. The summed E-state index contributed by atoms with van der Waals surface area (Å²) in [5.41, 5.74) is 5.20. The van der Waals surface area contributed by atoms with E-state index in [1.165, 1.54) is 47.3 Å². The first kappa shape index (κ1) is 23.1. The van der Waals surface area contributed by atoms with E-state index in [-0.39, 0.29) is 23.4 Å². The first-order chi connectivity index (χ1) is 14.5. The summed E-state index contributed by atoms with van der Waals surface area (Å²) in [4.78, 5) is 31.8. The van der Waals surface area contributed by atoms with E-state index in [1.807, 2.05) is 0 Å². The van der Waals surface area contributed by atoms with Gasteiger partial charge in [-0.3, -0.25) is 9.48 Å². The largest absolute Gasteiger partial charge is 0.478 e. The number of carboxylic acids is 2. The van der Waals surface area contributed by atoms with Crippen LogP contribution in [0.2, 0.25) is 0 Å². The zero-order valence-corrected chi connectivity index (χ0v) is 15.7. The van der Waals surface area contributed by atoms with Crippen LogP contribution >= 0.6 is 0 Å². The fourth-order valence-corrected chi connectivity index (χ4v) is 2.43.